The number of hydrogen-bond donors (Lipinski definition) is 0. The van der Waals surface area contributed by atoms with Crippen LogP contribution in [0, 0.1) is 13.8 Å². The van der Waals surface area contributed by atoms with E-state index < -0.39 is 0 Å². The molecule has 0 radical (unpaired) electrons. The fourth-order valence-electron chi connectivity index (χ4n) is 4.82. The van der Waals surface area contributed by atoms with Gasteiger partial charge in [0.2, 0.25) is 0 Å². The van der Waals surface area contributed by atoms with Crippen LogP contribution in [0.4, 0.5) is 0 Å². The van der Waals surface area contributed by atoms with E-state index in [9.17, 15) is 4.79 Å². The van der Waals surface area contributed by atoms with Gasteiger partial charge in [0.25, 0.3) is 5.91 Å². The lowest BCUT2D eigenvalue weighted by atomic mass is 10.1. The fraction of sp³-hybridized carbons (Fsp3) is 0.172. The molecule has 6 nitrogen and oxygen atoms in total. The smallest absolute Gasteiger partial charge is 0.261 e. The molecule has 0 N–H and O–H groups in total. The number of hydrogen-bond acceptors (Lipinski definition) is 3. The second-order valence-electron chi connectivity index (χ2n) is 9.09. The van der Waals surface area contributed by atoms with Crippen LogP contribution in [0.1, 0.15) is 22.4 Å². The maximum Gasteiger partial charge on any atom is 0.261 e. The predicted molar refractivity (Wildman–Crippen MR) is 136 cm³/mol. The zero-order chi connectivity index (χ0) is 23.9. The Morgan fingerprint density at radius 1 is 0.914 bits per heavy atom. The van der Waals surface area contributed by atoms with Crippen LogP contribution in [0.25, 0.3) is 22.3 Å². The lowest BCUT2D eigenvalue weighted by Gasteiger charge is -2.18. The summed E-state index contributed by atoms with van der Waals surface area (Å²) < 4.78 is 9.95. The first-order valence-electron chi connectivity index (χ1n) is 11.8. The Kier molecular flexibility index (Phi) is 5.14. The Balaban J connectivity index is 1.24. The molecule has 0 unspecified atom stereocenters. The van der Waals surface area contributed by atoms with Crippen molar-refractivity contribution in [3.05, 3.63) is 108 Å². The summed E-state index contributed by atoms with van der Waals surface area (Å²) >= 11 is 0. The highest BCUT2D eigenvalue weighted by Gasteiger charge is 2.31. The Labute approximate surface area is 204 Å². The standard InChI is InChI=1S/C29H26N4O2/c1-20-9-12-27(21(2)15-20)33-29(31-13-5-6-14-31)25-17-32(18-26(25)30-33)28(34)19-35-24-11-10-22-7-3-4-8-23(22)16-24/h3-16H,17-19H2,1-2H3. The Morgan fingerprint density at radius 3 is 2.51 bits per heavy atom. The third kappa shape index (κ3) is 3.87. The topological polar surface area (TPSA) is 52.3 Å². The molecule has 0 saturated heterocycles. The lowest BCUT2D eigenvalue weighted by Crippen LogP contribution is -2.31. The first-order valence-corrected chi connectivity index (χ1v) is 11.8. The third-order valence-electron chi connectivity index (χ3n) is 6.59. The number of rotatable bonds is 5. The van der Waals surface area contributed by atoms with Gasteiger partial charge in [-0.2, -0.15) is 5.10 Å². The normalized spacial score (nSPS) is 12.8. The van der Waals surface area contributed by atoms with Crippen molar-refractivity contribution in [2.24, 2.45) is 0 Å². The Morgan fingerprint density at radius 2 is 1.71 bits per heavy atom. The van der Waals surface area contributed by atoms with E-state index in [1.807, 2.05) is 70.5 Å². The van der Waals surface area contributed by atoms with E-state index in [2.05, 4.69) is 42.7 Å². The fourth-order valence-corrected chi connectivity index (χ4v) is 4.82. The molecule has 6 rings (SSSR count). The van der Waals surface area contributed by atoms with Crippen LogP contribution in [0.5, 0.6) is 5.75 Å². The van der Waals surface area contributed by atoms with E-state index in [4.69, 9.17) is 9.84 Å². The summed E-state index contributed by atoms with van der Waals surface area (Å²) in [7, 11) is 0. The van der Waals surface area contributed by atoms with Gasteiger partial charge < -0.3 is 14.2 Å². The minimum atomic E-state index is -0.0484. The number of benzene rings is 3. The highest BCUT2D eigenvalue weighted by Crippen LogP contribution is 2.31. The minimum absolute atomic E-state index is 0.00145. The molecule has 0 spiro atoms. The number of amides is 1. The lowest BCUT2D eigenvalue weighted by molar-refractivity contribution is -0.134. The quantitative estimate of drug-likeness (QED) is 0.354. The van der Waals surface area contributed by atoms with Crippen molar-refractivity contribution in [2.45, 2.75) is 26.9 Å². The average Bonchev–Trinajstić information content (AvgIpc) is 3.59. The zero-order valence-electron chi connectivity index (χ0n) is 19.8. The van der Waals surface area contributed by atoms with Crippen molar-refractivity contribution >= 4 is 16.7 Å². The monoisotopic (exact) mass is 462 g/mol. The summed E-state index contributed by atoms with van der Waals surface area (Å²) in [5.41, 5.74) is 5.42. The highest BCUT2D eigenvalue weighted by molar-refractivity contribution is 5.84. The SMILES string of the molecule is Cc1ccc(-n2nc3c(c2-n2cccc2)CN(C(=O)COc2ccc4ccccc4c2)C3)c(C)c1. The summed E-state index contributed by atoms with van der Waals surface area (Å²) in [5.74, 6) is 1.62. The Bertz CT molecular complexity index is 1550. The molecule has 3 heterocycles. The average molecular weight is 463 g/mol. The summed E-state index contributed by atoms with van der Waals surface area (Å²) in [6, 6.07) is 24.4. The van der Waals surface area contributed by atoms with Crippen LogP contribution in [0.3, 0.4) is 0 Å². The van der Waals surface area contributed by atoms with Crippen molar-refractivity contribution in [2.75, 3.05) is 6.61 Å². The van der Waals surface area contributed by atoms with E-state index >= 15 is 0 Å². The molecule has 174 valence electrons. The molecular formula is C29H26N4O2. The number of carbonyl (C=O) groups is 1. The van der Waals surface area contributed by atoms with Gasteiger partial charge in [0.05, 0.1) is 24.5 Å². The number of aryl methyl sites for hydroxylation is 2. The van der Waals surface area contributed by atoms with Gasteiger partial charge in [-0.15, -0.1) is 0 Å². The molecule has 0 atom stereocenters. The highest BCUT2D eigenvalue weighted by atomic mass is 16.5. The van der Waals surface area contributed by atoms with E-state index in [1.165, 1.54) is 5.56 Å². The van der Waals surface area contributed by atoms with Crippen LogP contribution < -0.4 is 4.74 Å². The summed E-state index contributed by atoms with van der Waals surface area (Å²) in [6.07, 6.45) is 4.04. The van der Waals surface area contributed by atoms with Gasteiger partial charge in [-0.25, -0.2) is 4.68 Å². The number of carbonyl (C=O) groups excluding carboxylic acids is 1. The van der Waals surface area contributed by atoms with Crippen molar-refractivity contribution in [3.63, 3.8) is 0 Å². The van der Waals surface area contributed by atoms with E-state index in [0.717, 1.165) is 39.1 Å². The van der Waals surface area contributed by atoms with Gasteiger partial charge in [-0.05, 0) is 60.5 Å². The molecular weight excluding hydrogens is 436 g/mol. The molecule has 2 aromatic heterocycles. The van der Waals surface area contributed by atoms with Gasteiger partial charge in [0.15, 0.2) is 6.61 Å². The Hall–Kier alpha value is -4.32. The first-order chi connectivity index (χ1) is 17.1. The number of nitrogens with zero attached hydrogens (tertiary/aromatic N) is 4. The van der Waals surface area contributed by atoms with Gasteiger partial charge in [0.1, 0.15) is 11.6 Å². The first kappa shape index (κ1) is 21.2. The largest absolute Gasteiger partial charge is 0.484 e. The van der Waals surface area contributed by atoms with Crippen molar-refractivity contribution in [1.29, 1.82) is 0 Å². The molecule has 35 heavy (non-hydrogen) atoms. The van der Waals surface area contributed by atoms with Gasteiger partial charge in [-0.1, -0.05) is 48.0 Å². The van der Waals surface area contributed by atoms with Crippen LogP contribution in [-0.4, -0.2) is 31.8 Å². The maximum atomic E-state index is 13.1. The maximum absolute atomic E-state index is 13.1. The van der Waals surface area contributed by atoms with Gasteiger partial charge in [-0.3, -0.25) is 4.79 Å². The van der Waals surface area contributed by atoms with Crippen molar-refractivity contribution in [3.8, 4) is 17.3 Å². The van der Waals surface area contributed by atoms with Crippen LogP contribution in [-0.2, 0) is 17.9 Å². The third-order valence-corrected chi connectivity index (χ3v) is 6.59. The molecule has 0 fully saturated rings. The molecule has 6 heteroatoms. The summed E-state index contributed by atoms with van der Waals surface area (Å²) in [6.45, 7) is 5.18. The second-order valence-corrected chi connectivity index (χ2v) is 9.09. The summed E-state index contributed by atoms with van der Waals surface area (Å²) in [4.78, 5) is 14.9. The number of fused-ring (bicyclic) bond motifs is 2. The van der Waals surface area contributed by atoms with E-state index in [0.29, 0.717) is 18.8 Å². The summed E-state index contributed by atoms with van der Waals surface area (Å²) in [5, 5.41) is 7.19. The molecule has 0 bridgehead atoms. The van der Waals surface area contributed by atoms with E-state index in [-0.39, 0.29) is 12.5 Å². The van der Waals surface area contributed by atoms with Crippen molar-refractivity contribution in [1.82, 2.24) is 19.2 Å². The van der Waals surface area contributed by atoms with E-state index in [1.54, 1.807) is 0 Å². The zero-order valence-corrected chi connectivity index (χ0v) is 19.8. The molecule has 3 aromatic carbocycles. The molecule has 0 aliphatic carbocycles. The van der Waals surface area contributed by atoms with Gasteiger partial charge in [0, 0.05) is 18.0 Å². The molecule has 0 saturated carbocycles. The number of aromatic nitrogens is 3. The second kappa shape index (κ2) is 8.47. The predicted octanol–water partition coefficient (Wildman–Crippen LogP) is 5.35. The van der Waals surface area contributed by atoms with Crippen LogP contribution >= 0.6 is 0 Å². The molecule has 5 aromatic rings. The number of ether oxygens (including phenoxy) is 1. The van der Waals surface area contributed by atoms with Gasteiger partial charge >= 0.3 is 0 Å². The van der Waals surface area contributed by atoms with Crippen molar-refractivity contribution < 1.29 is 9.53 Å². The molecule has 1 aliphatic heterocycles. The molecule has 1 aliphatic rings. The van der Waals surface area contributed by atoms with Crippen LogP contribution in [0.2, 0.25) is 0 Å². The van der Waals surface area contributed by atoms with Crippen LogP contribution in [0.15, 0.2) is 85.2 Å². The minimum Gasteiger partial charge on any atom is -0.484 e. The molecule has 1 amide bonds.